The lowest BCUT2D eigenvalue weighted by atomic mass is 10.1. The highest BCUT2D eigenvalue weighted by Gasteiger charge is 2.12. The van der Waals surface area contributed by atoms with Gasteiger partial charge in [-0.15, -0.1) is 0 Å². The van der Waals surface area contributed by atoms with Crippen LogP contribution in [0.15, 0.2) is 48.8 Å². The van der Waals surface area contributed by atoms with Crippen LogP contribution in [0.3, 0.4) is 0 Å². The van der Waals surface area contributed by atoms with Crippen molar-refractivity contribution in [1.29, 1.82) is 0 Å². The van der Waals surface area contributed by atoms with Crippen molar-refractivity contribution < 1.29 is 9.53 Å². The van der Waals surface area contributed by atoms with Crippen molar-refractivity contribution in [1.82, 2.24) is 14.5 Å². The van der Waals surface area contributed by atoms with Crippen LogP contribution in [0.4, 0.5) is 5.82 Å². The normalized spacial score (nSPS) is 11.2. The van der Waals surface area contributed by atoms with Gasteiger partial charge in [0.1, 0.15) is 11.6 Å². The zero-order valence-corrected chi connectivity index (χ0v) is 15.1. The Morgan fingerprint density at radius 2 is 2.15 bits per heavy atom. The number of carbonyl (C=O) groups is 1. The monoisotopic (exact) mass is 350 g/mol. The van der Waals surface area contributed by atoms with Crippen molar-refractivity contribution in [3.8, 4) is 5.75 Å². The molecule has 6 heteroatoms. The Hall–Kier alpha value is -3.28. The molecule has 134 valence electrons. The van der Waals surface area contributed by atoms with Crippen LogP contribution in [-0.4, -0.2) is 34.5 Å². The highest BCUT2D eigenvalue weighted by molar-refractivity contribution is 5.92. The summed E-state index contributed by atoms with van der Waals surface area (Å²) in [5.41, 5.74) is 8.56. The standard InChI is InChI=1S/C20H22N4O2/c1-23-12-15(17-10-16(26-3)6-7-18(17)23)13-24(2)20(25)9-5-14-4-8-19(21)22-11-14/h4-12H,13H2,1-3H3,(H2,21,22)/b9-5+. The van der Waals surface area contributed by atoms with Crippen LogP contribution in [-0.2, 0) is 18.4 Å². The number of aryl methyl sites for hydroxylation is 1. The number of nitrogens with zero attached hydrogens (tertiary/aromatic N) is 3. The van der Waals surface area contributed by atoms with Gasteiger partial charge in [0.15, 0.2) is 0 Å². The van der Waals surface area contributed by atoms with E-state index in [9.17, 15) is 4.79 Å². The summed E-state index contributed by atoms with van der Waals surface area (Å²) in [5.74, 6) is 1.17. The Kier molecular flexibility index (Phi) is 4.93. The second-order valence-electron chi connectivity index (χ2n) is 6.19. The fourth-order valence-corrected chi connectivity index (χ4v) is 2.85. The smallest absolute Gasteiger partial charge is 0.246 e. The quantitative estimate of drug-likeness (QED) is 0.718. The maximum Gasteiger partial charge on any atom is 0.246 e. The Morgan fingerprint density at radius 1 is 1.35 bits per heavy atom. The number of benzene rings is 1. The van der Waals surface area contributed by atoms with E-state index in [1.807, 2.05) is 37.5 Å². The molecular weight excluding hydrogens is 328 g/mol. The maximum atomic E-state index is 12.4. The van der Waals surface area contributed by atoms with E-state index in [2.05, 4.69) is 9.55 Å². The zero-order valence-electron chi connectivity index (χ0n) is 15.1. The minimum Gasteiger partial charge on any atom is -0.497 e. The van der Waals surface area contributed by atoms with E-state index in [1.54, 1.807) is 43.5 Å². The summed E-state index contributed by atoms with van der Waals surface area (Å²) in [6.45, 7) is 0.508. The summed E-state index contributed by atoms with van der Waals surface area (Å²) in [6.07, 6.45) is 6.95. The van der Waals surface area contributed by atoms with Gasteiger partial charge >= 0.3 is 0 Å². The third-order valence-corrected chi connectivity index (χ3v) is 4.29. The first kappa shape index (κ1) is 17.5. The predicted octanol–water partition coefficient (Wildman–Crippen LogP) is 2.84. The third kappa shape index (κ3) is 3.69. The van der Waals surface area contributed by atoms with E-state index in [1.165, 1.54) is 0 Å². The van der Waals surface area contributed by atoms with E-state index in [-0.39, 0.29) is 5.91 Å². The molecule has 0 fully saturated rings. The molecule has 0 aliphatic rings. The number of hydrogen-bond donors (Lipinski definition) is 1. The van der Waals surface area contributed by atoms with Gasteiger partial charge in [0.25, 0.3) is 0 Å². The van der Waals surface area contributed by atoms with Crippen LogP contribution >= 0.6 is 0 Å². The molecule has 2 heterocycles. The Bertz CT molecular complexity index is 958. The molecule has 0 bridgehead atoms. The first-order valence-corrected chi connectivity index (χ1v) is 8.24. The largest absolute Gasteiger partial charge is 0.497 e. The number of nitrogens with two attached hydrogens (primary N) is 1. The Labute approximate surface area is 152 Å². The molecule has 0 saturated heterocycles. The number of rotatable bonds is 5. The molecule has 0 aliphatic heterocycles. The van der Waals surface area contributed by atoms with Gasteiger partial charge in [-0.05, 0) is 47.5 Å². The highest BCUT2D eigenvalue weighted by Crippen LogP contribution is 2.26. The fourth-order valence-electron chi connectivity index (χ4n) is 2.85. The first-order valence-electron chi connectivity index (χ1n) is 8.24. The molecule has 0 unspecified atom stereocenters. The number of anilines is 1. The van der Waals surface area contributed by atoms with Gasteiger partial charge in [-0.25, -0.2) is 4.98 Å². The van der Waals surface area contributed by atoms with E-state index < -0.39 is 0 Å². The molecule has 0 radical (unpaired) electrons. The van der Waals surface area contributed by atoms with Crippen LogP contribution in [0.2, 0.25) is 0 Å². The number of amides is 1. The number of fused-ring (bicyclic) bond motifs is 1. The highest BCUT2D eigenvalue weighted by atomic mass is 16.5. The van der Waals surface area contributed by atoms with E-state index >= 15 is 0 Å². The lowest BCUT2D eigenvalue weighted by Crippen LogP contribution is -2.24. The van der Waals surface area contributed by atoms with E-state index in [0.29, 0.717) is 12.4 Å². The minimum absolute atomic E-state index is 0.0817. The van der Waals surface area contributed by atoms with Crippen molar-refractivity contribution in [2.75, 3.05) is 19.9 Å². The van der Waals surface area contributed by atoms with Crippen molar-refractivity contribution in [2.45, 2.75) is 6.54 Å². The van der Waals surface area contributed by atoms with Crippen molar-refractivity contribution in [3.63, 3.8) is 0 Å². The van der Waals surface area contributed by atoms with Crippen LogP contribution < -0.4 is 10.5 Å². The van der Waals surface area contributed by atoms with Crippen molar-refractivity contribution in [2.24, 2.45) is 7.05 Å². The number of pyridine rings is 1. The van der Waals surface area contributed by atoms with E-state index in [0.717, 1.165) is 27.8 Å². The molecule has 0 atom stereocenters. The van der Waals surface area contributed by atoms with Gasteiger partial charge in [-0.1, -0.05) is 0 Å². The van der Waals surface area contributed by atoms with Crippen molar-refractivity contribution in [3.05, 3.63) is 59.9 Å². The molecule has 3 aromatic rings. The van der Waals surface area contributed by atoms with Crippen LogP contribution in [0.25, 0.3) is 17.0 Å². The van der Waals surface area contributed by atoms with Gasteiger partial charge in [-0.3, -0.25) is 4.79 Å². The fraction of sp³-hybridized carbons (Fsp3) is 0.200. The molecule has 2 aromatic heterocycles. The summed E-state index contributed by atoms with van der Waals surface area (Å²) < 4.78 is 7.37. The predicted molar refractivity (Wildman–Crippen MR) is 104 cm³/mol. The molecule has 3 rings (SSSR count). The van der Waals surface area contributed by atoms with Gasteiger partial charge < -0.3 is 19.9 Å². The molecule has 0 aliphatic carbocycles. The number of likely N-dealkylation sites (N-methyl/N-ethyl adjacent to an activating group) is 1. The number of carbonyl (C=O) groups excluding carboxylic acids is 1. The lowest BCUT2D eigenvalue weighted by molar-refractivity contribution is -0.125. The molecule has 6 nitrogen and oxygen atoms in total. The van der Waals surface area contributed by atoms with Gasteiger partial charge in [0.2, 0.25) is 5.91 Å². The number of methoxy groups -OCH3 is 1. The lowest BCUT2D eigenvalue weighted by Gasteiger charge is -2.14. The van der Waals surface area contributed by atoms with Crippen LogP contribution in [0.5, 0.6) is 5.75 Å². The molecule has 0 saturated carbocycles. The van der Waals surface area contributed by atoms with Gasteiger partial charge in [-0.2, -0.15) is 0 Å². The second-order valence-corrected chi connectivity index (χ2v) is 6.19. The average Bonchev–Trinajstić information content (AvgIpc) is 2.95. The Balaban J connectivity index is 1.76. The zero-order chi connectivity index (χ0) is 18.7. The number of ether oxygens (including phenoxy) is 1. The summed E-state index contributed by atoms with van der Waals surface area (Å²) >= 11 is 0. The van der Waals surface area contributed by atoms with Gasteiger partial charge in [0.05, 0.1) is 7.11 Å². The summed E-state index contributed by atoms with van der Waals surface area (Å²) in [5, 5.41) is 1.08. The maximum absolute atomic E-state index is 12.4. The Morgan fingerprint density at radius 3 is 2.85 bits per heavy atom. The van der Waals surface area contributed by atoms with Crippen LogP contribution in [0.1, 0.15) is 11.1 Å². The third-order valence-electron chi connectivity index (χ3n) is 4.29. The topological polar surface area (TPSA) is 73.4 Å². The minimum atomic E-state index is -0.0817. The molecule has 1 aromatic carbocycles. The first-order chi connectivity index (χ1) is 12.5. The molecule has 2 N–H and O–H groups in total. The summed E-state index contributed by atoms with van der Waals surface area (Å²) in [6, 6.07) is 9.48. The second kappa shape index (κ2) is 7.31. The molecular formula is C20H22N4O2. The molecule has 26 heavy (non-hydrogen) atoms. The molecule has 0 spiro atoms. The number of hydrogen-bond acceptors (Lipinski definition) is 4. The van der Waals surface area contributed by atoms with Crippen LogP contribution in [0, 0.1) is 0 Å². The van der Waals surface area contributed by atoms with E-state index in [4.69, 9.17) is 10.5 Å². The molecule has 1 amide bonds. The summed E-state index contributed by atoms with van der Waals surface area (Å²) in [4.78, 5) is 18.1. The number of aromatic nitrogens is 2. The van der Waals surface area contributed by atoms with Crippen molar-refractivity contribution >= 4 is 28.7 Å². The number of nitrogen functional groups attached to an aromatic ring is 1. The SMILES string of the molecule is COc1ccc2c(c1)c(CN(C)C(=O)/C=C/c1ccc(N)nc1)cn2C. The average molecular weight is 350 g/mol. The van der Waals surface area contributed by atoms with Gasteiger partial charge in [0, 0.05) is 50.0 Å². The summed E-state index contributed by atoms with van der Waals surface area (Å²) in [7, 11) is 5.43.